The van der Waals surface area contributed by atoms with E-state index in [-0.39, 0.29) is 0 Å². The largest absolute Gasteiger partial charge is 0.486 e. The van der Waals surface area contributed by atoms with Gasteiger partial charge in [-0.05, 0) is 18.2 Å². The van der Waals surface area contributed by atoms with Crippen LogP contribution in [-0.2, 0) is 0 Å². The molecular weight excluding hydrogens is 242 g/mol. The van der Waals surface area contributed by atoms with Crippen LogP contribution in [0.15, 0.2) is 24.4 Å². The highest BCUT2D eigenvalue weighted by Gasteiger charge is 2.22. The number of H-pyrrole nitrogens is 1. The van der Waals surface area contributed by atoms with E-state index in [1.807, 2.05) is 24.4 Å². The highest BCUT2D eigenvalue weighted by atomic mass is 16.6. The third kappa shape index (κ3) is 1.86. The van der Waals surface area contributed by atoms with Crippen LogP contribution in [0, 0.1) is 0 Å². The maximum Gasteiger partial charge on any atom is 0.162 e. The summed E-state index contributed by atoms with van der Waals surface area (Å²) in [5.74, 6) is 3.21. The molecule has 5 nitrogen and oxygen atoms in total. The summed E-state index contributed by atoms with van der Waals surface area (Å²) in [6.07, 6.45) is 1.89. The molecule has 19 heavy (non-hydrogen) atoms. The van der Waals surface area contributed by atoms with Crippen LogP contribution in [-0.4, -0.2) is 36.3 Å². The average Bonchev–Trinajstić information content (AvgIpc) is 2.85. The quantitative estimate of drug-likeness (QED) is 0.856. The van der Waals surface area contributed by atoms with Crippen LogP contribution >= 0.6 is 0 Å². The minimum absolute atomic E-state index is 0.519. The van der Waals surface area contributed by atoms with Gasteiger partial charge in [0.25, 0.3) is 0 Å². The fraction of sp³-hybridized carbons (Fsp3) is 0.357. The van der Waals surface area contributed by atoms with Crippen molar-refractivity contribution in [3.05, 3.63) is 30.2 Å². The zero-order valence-corrected chi connectivity index (χ0v) is 10.5. The number of imidazole rings is 1. The number of aromatic amines is 1. The van der Waals surface area contributed by atoms with Crippen molar-refractivity contribution in [2.75, 3.05) is 26.3 Å². The molecule has 0 atom stereocenters. The van der Waals surface area contributed by atoms with Crippen molar-refractivity contribution in [3.8, 4) is 22.8 Å². The molecule has 2 N–H and O–H groups in total. The van der Waals surface area contributed by atoms with E-state index in [4.69, 9.17) is 9.47 Å². The topological polar surface area (TPSA) is 59.2 Å². The zero-order valence-electron chi connectivity index (χ0n) is 10.5. The van der Waals surface area contributed by atoms with Crippen molar-refractivity contribution >= 4 is 0 Å². The molecule has 0 aliphatic carbocycles. The van der Waals surface area contributed by atoms with Crippen LogP contribution in [0.4, 0.5) is 0 Å². The minimum atomic E-state index is 0.519. The highest BCUT2D eigenvalue weighted by molar-refractivity contribution is 5.63. The lowest BCUT2D eigenvalue weighted by molar-refractivity contribution is 0.171. The van der Waals surface area contributed by atoms with Gasteiger partial charge >= 0.3 is 0 Å². The summed E-state index contributed by atoms with van der Waals surface area (Å²) in [5, 5.41) is 3.25. The Morgan fingerprint density at radius 2 is 1.95 bits per heavy atom. The lowest BCUT2D eigenvalue weighted by atomic mass is 10.0. The molecule has 0 spiro atoms. The maximum absolute atomic E-state index is 5.60. The molecule has 1 fully saturated rings. The molecule has 0 radical (unpaired) electrons. The van der Waals surface area contributed by atoms with Gasteiger partial charge < -0.3 is 19.8 Å². The first-order valence-electron chi connectivity index (χ1n) is 6.56. The van der Waals surface area contributed by atoms with Gasteiger partial charge in [-0.3, -0.25) is 0 Å². The van der Waals surface area contributed by atoms with Crippen molar-refractivity contribution in [3.63, 3.8) is 0 Å². The Morgan fingerprint density at radius 3 is 2.74 bits per heavy atom. The molecule has 1 aromatic heterocycles. The summed E-state index contributed by atoms with van der Waals surface area (Å²) in [4.78, 5) is 7.85. The van der Waals surface area contributed by atoms with E-state index >= 15 is 0 Å². The van der Waals surface area contributed by atoms with Crippen molar-refractivity contribution in [2.24, 2.45) is 0 Å². The van der Waals surface area contributed by atoms with E-state index in [0.717, 1.165) is 41.7 Å². The second-order valence-corrected chi connectivity index (χ2v) is 4.90. The summed E-state index contributed by atoms with van der Waals surface area (Å²) in [6.45, 7) is 3.25. The van der Waals surface area contributed by atoms with Crippen LogP contribution in [0.3, 0.4) is 0 Å². The standard InChI is InChI=1S/C14H15N3O2/c1-2-12-13(19-4-3-18-12)5-9(1)11-8-16-14(17-11)10-6-15-7-10/h1-2,5,8,10,15H,3-4,6-7H2,(H,16,17). The minimum Gasteiger partial charge on any atom is -0.486 e. The van der Waals surface area contributed by atoms with Crippen LogP contribution < -0.4 is 14.8 Å². The first kappa shape index (κ1) is 10.9. The van der Waals surface area contributed by atoms with Crippen LogP contribution in [0.2, 0.25) is 0 Å². The predicted molar refractivity (Wildman–Crippen MR) is 70.6 cm³/mol. The third-order valence-electron chi connectivity index (χ3n) is 3.62. The van der Waals surface area contributed by atoms with Gasteiger partial charge in [0, 0.05) is 24.6 Å². The lowest BCUT2D eigenvalue weighted by Gasteiger charge is -2.24. The number of benzene rings is 1. The summed E-state index contributed by atoms with van der Waals surface area (Å²) in [7, 11) is 0. The zero-order chi connectivity index (χ0) is 12.7. The molecule has 98 valence electrons. The van der Waals surface area contributed by atoms with Gasteiger partial charge in [-0.2, -0.15) is 0 Å². The molecule has 0 unspecified atom stereocenters. The van der Waals surface area contributed by atoms with E-state index < -0.39 is 0 Å². The van der Waals surface area contributed by atoms with Crippen molar-refractivity contribution < 1.29 is 9.47 Å². The van der Waals surface area contributed by atoms with Crippen molar-refractivity contribution in [1.29, 1.82) is 0 Å². The number of aromatic nitrogens is 2. The fourth-order valence-electron chi connectivity index (χ4n) is 2.38. The number of fused-ring (bicyclic) bond motifs is 1. The van der Waals surface area contributed by atoms with Gasteiger partial charge in [-0.25, -0.2) is 4.98 Å². The Labute approximate surface area is 111 Å². The van der Waals surface area contributed by atoms with Crippen LogP contribution in [0.25, 0.3) is 11.3 Å². The average molecular weight is 257 g/mol. The summed E-state index contributed by atoms with van der Waals surface area (Å²) in [5.41, 5.74) is 2.11. The Balaban J connectivity index is 1.65. The van der Waals surface area contributed by atoms with Crippen molar-refractivity contribution in [1.82, 2.24) is 15.3 Å². The van der Waals surface area contributed by atoms with Crippen LogP contribution in [0.5, 0.6) is 11.5 Å². The molecule has 3 heterocycles. The summed E-state index contributed by atoms with van der Waals surface area (Å²) < 4.78 is 11.1. The molecule has 0 amide bonds. The van der Waals surface area contributed by atoms with Gasteiger partial charge in [0.2, 0.25) is 0 Å². The molecule has 0 saturated carbocycles. The Kier molecular flexibility index (Phi) is 2.45. The number of nitrogens with one attached hydrogen (secondary N) is 2. The van der Waals surface area contributed by atoms with E-state index in [1.165, 1.54) is 0 Å². The molecular formula is C14H15N3O2. The summed E-state index contributed by atoms with van der Waals surface area (Å²) in [6, 6.07) is 5.99. The Hall–Kier alpha value is -2.01. The number of rotatable bonds is 2. The normalized spacial score (nSPS) is 18.1. The number of hydrogen-bond acceptors (Lipinski definition) is 4. The Bertz CT molecular complexity index is 604. The first-order valence-corrected chi connectivity index (χ1v) is 6.56. The second kappa shape index (κ2) is 4.28. The van der Waals surface area contributed by atoms with Gasteiger partial charge in [0.15, 0.2) is 11.5 Å². The van der Waals surface area contributed by atoms with Gasteiger partial charge in [0.1, 0.15) is 19.0 Å². The summed E-state index contributed by atoms with van der Waals surface area (Å²) >= 11 is 0. The highest BCUT2D eigenvalue weighted by Crippen LogP contribution is 2.34. The smallest absolute Gasteiger partial charge is 0.162 e. The molecule has 2 aliphatic heterocycles. The number of nitrogens with zero attached hydrogens (tertiary/aromatic N) is 1. The maximum atomic E-state index is 5.60. The van der Waals surface area contributed by atoms with Crippen molar-refractivity contribution in [2.45, 2.75) is 5.92 Å². The first-order chi connectivity index (χ1) is 9.40. The molecule has 1 aromatic carbocycles. The molecule has 1 saturated heterocycles. The monoisotopic (exact) mass is 257 g/mol. The molecule has 2 aromatic rings. The number of ether oxygens (including phenoxy) is 2. The fourth-order valence-corrected chi connectivity index (χ4v) is 2.38. The van der Waals surface area contributed by atoms with Gasteiger partial charge in [0.05, 0.1) is 11.9 Å². The SMILES string of the molecule is c1cc2c(cc1-c1cnc(C3CNC3)[nH]1)OCCO2. The second-order valence-electron chi connectivity index (χ2n) is 4.90. The van der Waals surface area contributed by atoms with E-state index in [1.54, 1.807) is 0 Å². The van der Waals surface area contributed by atoms with E-state index in [9.17, 15) is 0 Å². The van der Waals surface area contributed by atoms with Crippen LogP contribution in [0.1, 0.15) is 11.7 Å². The number of hydrogen-bond donors (Lipinski definition) is 2. The predicted octanol–water partition coefficient (Wildman–Crippen LogP) is 1.53. The molecule has 4 rings (SSSR count). The van der Waals surface area contributed by atoms with Gasteiger partial charge in [-0.1, -0.05) is 0 Å². The molecule has 0 bridgehead atoms. The molecule has 2 aliphatic rings. The van der Waals surface area contributed by atoms with E-state index in [2.05, 4.69) is 15.3 Å². The third-order valence-corrected chi connectivity index (χ3v) is 3.62. The lowest BCUT2D eigenvalue weighted by Crippen LogP contribution is -2.40. The molecule has 5 heteroatoms. The Morgan fingerprint density at radius 1 is 1.11 bits per heavy atom. The van der Waals surface area contributed by atoms with Gasteiger partial charge in [-0.15, -0.1) is 0 Å². The van der Waals surface area contributed by atoms with E-state index in [0.29, 0.717) is 19.1 Å².